The van der Waals surface area contributed by atoms with Gasteiger partial charge in [0.15, 0.2) is 0 Å². The van der Waals surface area contributed by atoms with E-state index in [0.717, 1.165) is 12.6 Å². The summed E-state index contributed by atoms with van der Waals surface area (Å²) in [5.41, 5.74) is 6.04. The molecule has 3 nitrogen and oxygen atoms in total. The maximum Gasteiger partial charge on any atom is 0.0366 e. The Kier molecular flexibility index (Phi) is 3.41. The van der Waals surface area contributed by atoms with Gasteiger partial charge < -0.3 is 5.73 Å². The number of nitrogens with zero attached hydrogens (tertiary/aromatic N) is 2. The third-order valence-electron chi connectivity index (χ3n) is 4.83. The molecule has 0 aromatic rings. The van der Waals surface area contributed by atoms with Gasteiger partial charge in [0.25, 0.3) is 0 Å². The molecule has 0 radical (unpaired) electrons. The Bertz CT molecular complexity index is 268. The summed E-state index contributed by atoms with van der Waals surface area (Å²) < 4.78 is 0.510. The number of hydrogen-bond acceptors (Lipinski definition) is 4. The van der Waals surface area contributed by atoms with E-state index in [9.17, 15) is 0 Å². The molecule has 4 heteroatoms. The van der Waals surface area contributed by atoms with Crippen molar-refractivity contribution in [3.8, 4) is 0 Å². The van der Waals surface area contributed by atoms with Crippen LogP contribution in [-0.2, 0) is 0 Å². The van der Waals surface area contributed by atoms with Crippen LogP contribution >= 0.6 is 11.8 Å². The first-order valence-electron chi connectivity index (χ1n) is 7.02. The molecule has 1 heterocycles. The van der Waals surface area contributed by atoms with E-state index in [0.29, 0.717) is 10.8 Å². The molecule has 2 N–H and O–H groups in total. The highest BCUT2D eigenvalue weighted by molar-refractivity contribution is 8.00. The summed E-state index contributed by atoms with van der Waals surface area (Å²) in [7, 11) is 0. The smallest absolute Gasteiger partial charge is 0.0366 e. The predicted molar refractivity (Wildman–Crippen MR) is 74.5 cm³/mol. The topological polar surface area (TPSA) is 32.5 Å². The zero-order chi connectivity index (χ0) is 11.9. The van der Waals surface area contributed by atoms with Gasteiger partial charge in [-0.1, -0.05) is 0 Å². The largest absolute Gasteiger partial charge is 0.329 e. The van der Waals surface area contributed by atoms with Crippen molar-refractivity contribution < 1.29 is 0 Å². The minimum absolute atomic E-state index is 0.510. The minimum atomic E-state index is 0.510. The Balaban J connectivity index is 1.56. The first kappa shape index (κ1) is 12.3. The monoisotopic (exact) mass is 255 g/mol. The van der Waals surface area contributed by atoms with Gasteiger partial charge in [0, 0.05) is 49.6 Å². The van der Waals surface area contributed by atoms with Crippen LogP contribution in [0.1, 0.15) is 25.7 Å². The Hall–Kier alpha value is 0.230. The Morgan fingerprint density at radius 3 is 2.29 bits per heavy atom. The molecule has 17 heavy (non-hydrogen) atoms. The molecule has 0 aromatic heterocycles. The Morgan fingerprint density at radius 1 is 1.24 bits per heavy atom. The Morgan fingerprint density at radius 2 is 1.88 bits per heavy atom. The third-order valence-corrected chi connectivity index (χ3v) is 6.33. The molecule has 3 aliphatic rings. The lowest BCUT2D eigenvalue weighted by Gasteiger charge is -2.42. The normalized spacial score (nSPS) is 31.4. The molecule has 0 amide bonds. The number of hydrogen-bond donors (Lipinski definition) is 1. The maximum absolute atomic E-state index is 6.04. The summed E-state index contributed by atoms with van der Waals surface area (Å²) in [5, 5.41) is 0. The lowest BCUT2D eigenvalue weighted by molar-refractivity contribution is 0.0902. The molecule has 1 aliphatic heterocycles. The SMILES string of the molecule is CSC1(C(CN)N2CCN(C3CC3)CC2)CC1. The standard InChI is InChI=1S/C13H25N3S/c1-17-13(4-5-13)12(10-14)16-8-6-15(7-9-16)11-2-3-11/h11-12H,2-10,14H2,1H3. The molecule has 3 rings (SSSR count). The van der Waals surface area contributed by atoms with Gasteiger partial charge in [-0.3, -0.25) is 9.80 Å². The van der Waals surface area contributed by atoms with Crippen molar-refractivity contribution in [3.63, 3.8) is 0 Å². The van der Waals surface area contributed by atoms with E-state index in [1.165, 1.54) is 51.9 Å². The van der Waals surface area contributed by atoms with Crippen molar-refractivity contribution in [1.29, 1.82) is 0 Å². The van der Waals surface area contributed by atoms with Gasteiger partial charge in [0.1, 0.15) is 0 Å². The highest BCUT2D eigenvalue weighted by Crippen LogP contribution is 2.51. The van der Waals surface area contributed by atoms with E-state index in [2.05, 4.69) is 16.1 Å². The first-order chi connectivity index (χ1) is 8.29. The molecule has 2 saturated carbocycles. The molecular weight excluding hydrogens is 230 g/mol. The maximum atomic E-state index is 6.04. The first-order valence-corrected chi connectivity index (χ1v) is 8.25. The second-order valence-corrected chi connectivity index (χ2v) is 7.04. The van der Waals surface area contributed by atoms with Gasteiger partial charge in [-0.25, -0.2) is 0 Å². The average Bonchev–Trinajstić information content (AvgIpc) is 3.25. The zero-order valence-electron chi connectivity index (χ0n) is 10.9. The van der Waals surface area contributed by atoms with Gasteiger partial charge in [0.05, 0.1) is 0 Å². The molecule has 1 atom stereocenters. The van der Waals surface area contributed by atoms with Crippen LogP contribution in [0, 0.1) is 0 Å². The summed E-state index contributed by atoms with van der Waals surface area (Å²) in [5.74, 6) is 0. The fraction of sp³-hybridized carbons (Fsp3) is 1.00. The highest BCUT2D eigenvalue weighted by Gasteiger charge is 2.50. The van der Waals surface area contributed by atoms with Crippen molar-refractivity contribution in [1.82, 2.24) is 9.80 Å². The molecule has 1 unspecified atom stereocenters. The second kappa shape index (κ2) is 4.72. The Labute approximate surface area is 109 Å². The van der Waals surface area contributed by atoms with Crippen LogP contribution in [0.2, 0.25) is 0 Å². The van der Waals surface area contributed by atoms with Gasteiger partial charge in [-0.2, -0.15) is 11.8 Å². The fourth-order valence-corrected chi connectivity index (χ4v) is 4.37. The van der Waals surface area contributed by atoms with Crippen molar-refractivity contribution in [2.45, 2.75) is 42.5 Å². The van der Waals surface area contributed by atoms with Gasteiger partial charge in [-0.15, -0.1) is 0 Å². The molecule has 1 saturated heterocycles. The van der Waals surface area contributed by atoms with Gasteiger partial charge in [-0.05, 0) is 31.9 Å². The van der Waals surface area contributed by atoms with E-state index < -0.39 is 0 Å². The van der Waals surface area contributed by atoms with Crippen LogP contribution in [0.3, 0.4) is 0 Å². The van der Waals surface area contributed by atoms with E-state index >= 15 is 0 Å². The second-order valence-electron chi connectivity index (χ2n) is 5.82. The summed E-state index contributed by atoms with van der Waals surface area (Å²) in [6.45, 7) is 5.85. The summed E-state index contributed by atoms with van der Waals surface area (Å²) in [4.78, 5) is 5.35. The zero-order valence-corrected chi connectivity index (χ0v) is 11.7. The van der Waals surface area contributed by atoms with Gasteiger partial charge >= 0.3 is 0 Å². The quantitative estimate of drug-likeness (QED) is 0.794. The predicted octanol–water partition coefficient (Wildman–Crippen LogP) is 0.989. The third kappa shape index (κ3) is 2.37. The highest BCUT2D eigenvalue weighted by atomic mass is 32.2. The minimum Gasteiger partial charge on any atom is -0.329 e. The fourth-order valence-electron chi connectivity index (χ4n) is 3.35. The number of nitrogens with two attached hydrogens (primary N) is 1. The molecule has 3 fully saturated rings. The van der Waals surface area contributed by atoms with E-state index in [-0.39, 0.29) is 0 Å². The molecule has 0 aromatic carbocycles. The molecule has 0 bridgehead atoms. The van der Waals surface area contributed by atoms with Crippen molar-refractivity contribution in [3.05, 3.63) is 0 Å². The summed E-state index contributed by atoms with van der Waals surface area (Å²) in [6.07, 6.45) is 7.89. The van der Waals surface area contributed by atoms with E-state index in [1.807, 2.05) is 11.8 Å². The summed E-state index contributed by atoms with van der Waals surface area (Å²) >= 11 is 2.05. The van der Waals surface area contributed by atoms with Crippen LogP contribution in [0.25, 0.3) is 0 Å². The van der Waals surface area contributed by atoms with Crippen LogP contribution in [0.5, 0.6) is 0 Å². The van der Waals surface area contributed by atoms with Crippen LogP contribution in [0.4, 0.5) is 0 Å². The molecule has 0 spiro atoms. The summed E-state index contributed by atoms with van der Waals surface area (Å²) in [6, 6.07) is 1.56. The van der Waals surface area contributed by atoms with E-state index in [1.54, 1.807) is 0 Å². The van der Waals surface area contributed by atoms with Crippen molar-refractivity contribution >= 4 is 11.8 Å². The van der Waals surface area contributed by atoms with Crippen LogP contribution < -0.4 is 5.73 Å². The molecule has 2 aliphatic carbocycles. The van der Waals surface area contributed by atoms with E-state index in [4.69, 9.17) is 5.73 Å². The number of piperazine rings is 1. The van der Waals surface area contributed by atoms with Crippen molar-refractivity contribution in [2.24, 2.45) is 5.73 Å². The lowest BCUT2D eigenvalue weighted by Crippen LogP contribution is -2.56. The molecule has 98 valence electrons. The van der Waals surface area contributed by atoms with Crippen molar-refractivity contribution in [2.75, 3.05) is 39.0 Å². The van der Waals surface area contributed by atoms with Crippen LogP contribution in [0.15, 0.2) is 0 Å². The lowest BCUT2D eigenvalue weighted by atomic mass is 10.1. The van der Waals surface area contributed by atoms with Crippen LogP contribution in [-0.4, -0.2) is 65.6 Å². The van der Waals surface area contributed by atoms with Gasteiger partial charge in [0.2, 0.25) is 0 Å². The number of rotatable bonds is 5. The number of thioether (sulfide) groups is 1. The molecular formula is C13H25N3S. The average molecular weight is 255 g/mol.